The molecule has 2 aromatic carbocycles. The second-order valence-corrected chi connectivity index (χ2v) is 5.66. The first-order chi connectivity index (χ1) is 11.0. The van der Waals surface area contributed by atoms with Crippen LogP contribution in [-0.2, 0) is 11.2 Å². The van der Waals surface area contributed by atoms with Gasteiger partial charge in [-0.15, -0.1) is 0 Å². The van der Waals surface area contributed by atoms with E-state index in [0.29, 0.717) is 10.6 Å². The van der Waals surface area contributed by atoms with Crippen molar-refractivity contribution in [2.45, 2.75) is 25.8 Å². The fourth-order valence-electron chi connectivity index (χ4n) is 2.37. The summed E-state index contributed by atoms with van der Waals surface area (Å²) < 4.78 is 18.5. The Morgan fingerprint density at radius 1 is 1.26 bits per heavy atom. The van der Waals surface area contributed by atoms with E-state index in [2.05, 4.69) is 5.32 Å². The van der Waals surface area contributed by atoms with Crippen molar-refractivity contribution in [2.24, 2.45) is 0 Å². The van der Waals surface area contributed by atoms with Crippen molar-refractivity contribution < 1.29 is 13.9 Å². The van der Waals surface area contributed by atoms with Gasteiger partial charge in [-0.05, 0) is 41.8 Å². The first-order valence-corrected chi connectivity index (χ1v) is 7.78. The summed E-state index contributed by atoms with van der Waals surface area (Å²) in [5, 5.41) is 3.62. The lowest BCUT2D eigenvalue weighted by molar-refractivity contribution is -0.121. The Balaban J connectivity index is 2.02. The molecule has 1 unspecified atom stereocenters. The molecule has 0 saturated carbocycles. The van der Waals surface area contributed by atoms with Gasteiger partial charge in [-0.1, -0.05) is 36.7 Å². The van der Waals surface area contributed by atoms with E-state index >= 15 is 0 Å². The van der Waals surface area contributed by atoms with Gasteiger partial charge in [-0.3, -0.25) is 4.79 Å². The minimum atomic E-state index is -0.470. The van der Waals surface area contributed by atoms with Crippen LogP contribution >= 0.6 is 11.6 Å². The van der Waals surface area contributed by atoms with Crippen molar-refractivity contribution in [1.29, 1.82) is 0 Å². The minimum Gasteiger partial charge on any atom is -0.494 e. The second kappa shape index (κ2) is 7.97. The Labute approximate surface area is 140 Å². The molecule has 0 heterocycles. The molecule has 0 aliphatic heterocycles. The third kappa shape index (κ3) is 4.70. The second-order valence-electron chi connectivity index (χ2n) is 5.23. The van der Waals surface area contributed by atoms with Crippen molar-refractivity contribution in [1.82, 2.24) is 5.32 Å². The monoisotopic (exact) mass is 335 g/mol. The van der Waals surface area contributed by atoms with Crippen LogP contribution in [0.3, 0.4) is 0 Å². The van der Waals surface area contributed by atoms with Crippen molar-refractivity contribution in [3.05, 3.63) is 64.4 Å². The van der Waals surface area contributed by atoms with Crippen LogP contribution in [-0.4, -0.2) is 13.0 Å². The molecule has 0 spiro atoms. The van der Waals surface area contributed by atoms with E-state index in [1.807, 2.05) is 19.1 Å². The molecule has 0 saturated heterocycles. The van der Waals surface area contributed by atoms with Crippen molar-refractivity contribution in [2.75, 3.05) is 7.11 Å². The van der Waals surface area contributed by atoms with Gasteiger partial charge < -0.3 is 10.1 Å². The van der Waals surface area contributed by atoms with Gasteiger partial charge in [0.2, 0.25) is 5.91 Å². The summed E-state index contributed by atoms with van der Waals surface area (Å²) in [5.74, 6) is -0.458. The lowest BCUT2D eigenvalue weighted by Crippen LogP contribution is -2.29. The number of rotatable bonds is 6. The maximum atomic E-state index is 13.7. The molecule has 0 aromatic heterocycles. The van der Waals surface area contributed by atoms with Gasteiger partial charge in [0, 0.05) is 5.02 Å². The van der Waals surface area contributed by atoms with E-state index in [-0.39, 0.29) is 24.1 Å². The number of nitrogens with one attached hydrogen (secondary N) is 1. The number of benzene rings is 2. The van der Waals surface area contributed by atoms with Crippen LogP contribution in [0.4, 0.5) is 4.39 Å². The number of carbonyl (C=O) groups excluding carboxylic acids is 1. The molecule has 0 fully saturated rings. The zero-order valence-corrected chi connectivity index (χ0v) is 13.9. The molecule has 5 heteroatoms. The molecule has 2 rings (SSSR count). The molecule has 0 aliphatic carbocycles. The number of hydrogen-bond donors (Lipinski definition) is 1. The van der Waals surface area contributed by atoms with Crippen molar-refractivity contribution in [3.8, 4) is 5.75 Å². The highest BCUT2D eigenvalue weighted by Crippen LogP contribution is 2.20. The van der Waals surface area contributed by atoms with E-state index in [0.717, 1.165) is 12.0 Å². The first-order valence-electron chi connectivity index (χ1n) is 7.40. The number of hydrogen-bond acceptors (Lipinski definition) is 2. The molecular formula is C18H19ClFNO2. The predicted octanol–water partition coefficient (Wildman–Crippen LogP) is 4.30. The highest BCUT2D eigenvalue weighted by molar-refractivity contribution is 6.30. The molecule has 122 valence electrons. The first kappa shape index (κ1) is 17.3. The Kier molecular flexibility index (Phi) is 5.99. The normalized spacial score (nSPS) is 11.8. The van der Waals surface area contributed by atoms with Crippen molar-refractivity contribution in [3.63, 3.8) is 0 Å². The van der Waals surface area contributed by atoms with Crippen LogP contribution < -0.4 is 10.1 Å². The molecule has 23 heavy (non-hydrogen) atoms. The largest absolute Gasteiger partial charge is 0.494 e. The predicted molar refractivity (Wildman–Crippen MR) is 89.3 cm³/mol. The minimum absolute atomic E-state index is 0.0946. The average molecular weight is 336 g/mol. The summed E-state index contributed by atoms with van der Waals surface area (Å²) >= 11 is 5.88. The molecule has 0 aliphatic rings. The molecule has 3 nitrogen and oxygen atoms in total. The lowest BCUT2D eigenvalue weighted by atomic mass is 10.0. The highest BCUT2D eigenvalue weighted by atomic mass is 35.5. The summed E-state index contributed by atoms with van der Waals surface area (Å²) in [6.45, 7) is 1.99. The zero-order chi connectivity index (χ0) is 16.8. The van der Waals surface area contributed by atoms with Gasteiger partial charge in [0.1, 0.15) is 0 Å². The van der Waals surface area contributed by atoms with E-state index in [4.69, 9.17) is 16.3 Å². The lowest BCUT2D eigenvalue weighted by Gasteiger charge is -2.17. The number of carbonyl (C=O) groups is 1. The standard InChI is InChI=1S/C18H19ClFNO2/c1-3-16(13-5-7-14(19)8-6-13)21-18(22)11-12-4-9-17(23-2)15(20)10-12/h4-10,16H,3,11H2,1-2H3,(H,21,22). The highest BCUT2D eigenvalue weighted by Gasteiger charge is 2.14. The maximum Gasteiger partial charge on any atom is 0.224 e. The summed E-state index contributed by atoms with van der Waals surface area (Å²) in [6.07, 6.45) is 0.870. The fourth-order valence-corrected chi connectivity index (χ4v) is 2.49. The van der Waals surface area contributed by atoms with Crippen LogP contribution in [0.1, 0.15) is 30.5 Å². The van der Waals surface area contributed by atoms with Gasteiger partial charge in [0.15, 0.2) is 11.6 Å². The van der Waals surface area contributed by atoms with Crippen LogP contribution in [0.25, 0.3) is 0 Å². The van der Waals surface area contributed by atoms with Crippen molar-refractivity contribution >= 4 is 17.5 Å². The van der Waals surface area contributed by atoms with E-state index < -0.39 is 5.82 Å². The average Bonchev–Trinajstić information content (AvgIpc) is 2.54. The summed E-state index contributed by atoms with van der Waals surface area (Å²) in [4.78, 5) is 12.2. The van der Waals surface area contributed by atoms with E-state index in [9.17, 15) is 9.18 Å². The van der Waals surface area contributed by atoms with Gasteiger partial charge in [0.25, 0.3) is 0 Å². The molecule has 1 amide bonds. The van der Waals surface area contributed by atoms with Crippen LogP contribution in [0.5, 0.6) is 5.75 Å². The third-order valence-corrected chi connectivity index (χ3v) is 3.85. The maximum absolute atomic E-state index is 13.7. The molecule has 0 radical (unpaired) electrons. The molecular weight excluding hydrogens is 317 g/mol. The summed E-state index contributed by atoms with van der Waals surface area (Å²) in [7, 11) is 1.41. The van der Waals surface area contributed by atoms with Crippen LogP contribution in [0.15, 0.2) is 42.5 Å². The van der Waals surface area contributed by atoms with Crippen LogP contribution in [0, 0.1) is 5.82 Å². The topological polar surface area (TPSA) is 38.3 Å². The fraction of sp³-hybridized carbons (Fsp3) is 0.278. The zero-order valence-electron chi connectivity index (χ0n) is 13.1. The Morgan fingerprint density at radius 2 is 1.96 bits per heavy atom. The van der Waals surface area contributed by atoms with Gasteiger partial charge in [0.05, 0.1) is 19.6 Å². The van der Waals surface area contributed by atoms with Gasteiger partial charge in [-0.25, -0.2) is 4.39 Å². The molecule has 1 N–H and O–H groups in total. The number of halogens is 2. The summed E-state index contributed by atoms with van der Waals surface area (Å²) in [5.41, 5.74) is 1.60. The Bertz CT molecular complexity index is 673. The van der Waals surface area contributed by atoms with E-state index in [1.165, 1.54) is 19.2 Å². The number of ether oxygens (including phenoxy) is 1. The van der Waals surface area contributed by atoms with Gasteiger partial charge in [-0.2, -0.15) is 0 Å². The Morgan fingerprint density at radius 3 is 2.52 bits per heavy atom. The smallest absolute Gasteiger partial charge is 0.224 e. The van der Waals surface area contributed by atoms with Crippen LogP contribution in [0.2, 0.25) is 5.02 Å². The quantitative estimate of drug-likeness (QED) is 0.854. The van der Waals surface area contributed by atoms with Gasteiger partial charge >= 0.3 is 0 Å². The SMILES string of the molecule is CCC(NC(=O)Cc1ccc(OC)c(F)c1)c1ccc(Cl)cc1. The molecule has 0 bridgehead atoms. The third-order valence-electron chi connectivity index (χ3n) is 3.60. The summed E-state index contributed by atoms with van der Waals surface area (Å²) in [6, 6.07) is 11.8. The Hall–Kier alpha value is -2.07. The molecule has 1 atom stereocenters. The van der Waals surface area contributed by atoms with E-state index in [1.54, 1.807) is 18.2 Å². The number of methoxy groups -OCH3 is 1. The molecule has 2 aromatic rings. The number of amides is 1.